The van der Waals surface area contributed by atoms with Gasteiger partial charge in [0, 0.05) is 6.61 Å². The normalized spacial score (nSPS) is 21.8. The Morgan fingerprint density at radius 1 is 1.14 bits per heavy atom. The van der Waals surface area contributed by atoms with Crippen molar-refractivity contribution in [1.82, 2.24) is 0 Å². The highest BCUT2D eigenvalue weighted by Crippen LogP contribution is 2.30. The molecule has 0 amide bonds. The van der Waals surface area contributed by atoms with Crippen LogP contribution in [0.2, 0.25) is 0 Å². The molecule has 0 atom stereocenters. The maximum atomic E-state index is 12.0. The van der Waals surface area contributed by atoms with Gasteiger partial charge in [-0.15, -0.1) is 0 Å². The molecule has 0 radical (unpaired) electrons. The molecule has 3 heteroatoms. The molecule has 1 aliphatic rings. The molecule has 1 aromatic rings. The van der Waals surface area contributed by atoms with Gasteiger partial charge in [-0.2, -0.15) is 0 Å². The van der Waals surface area contributed by atoms with Gasteiger partial charge in [0.2, 0.25) is 0 Å². The topological polar surface area (TPSA) is 35.5 Å². The van der Waals surface area contributed by atoms with E-state index in [2.05, 4.69) is 26.0 Å². The lowest BCUT2D eigenvalue weighted by Gasteiger charge is -2.27. The molecule has 3 nitrogen and oxygen atoms in total. The SMILES string of the molecule is CC(C)COC(=O)[C@H]1CC[C@H](COCc2ccccc2)CC1. The van der Waals surface area contributed by atoms with Crippen LogP contribution in [-0.4, -0.2) is 19.2 Å². The molecule has 22 heavy (non-hydrogen) atoms. The molecular weight excluding hydrogens is 276 g/mol. The lowest BCUT2D eigenvalue weighted by molar-refractivity contribution is -0.151. The molecule has 0 bridgehead atoms. The van der Waals surface area contributed by atoms with E-state index in [0.29, 0.717) is 25.0 Å². The predicted octanol–water partition coefficient (Wildman–Crippen LogP) is 4.21. The summed E-state index contributed by atoms with van der Waals surface area (Å²) < 4.78 is 11.2. The van der Waals surface area contributed by atoms with Gasteiger partial charge in [0.25, 0.3) is 0 Å². The largest absolute Gasteiger partial charge is 0.465 e. The lowest BCUT2D eigenvalue weighted by atomic mass is 9.82. The fourth-order valence-electron chi connectivity index (χ4n) is 2.85. The Labute approximate surface area is 134 Å². The van der Waals surface area contributed by atoms with Crippen LogP contribution >= 0.6 is 0 Å². The Bertz CT molecular complexity index is 433. The number of carbonyl (C=O) groups is 1. The molecule has 1 aromatic carbocycles. The molecule has 0 N–H and O–H groups in total. The van der Waals surface area contributed by atoms with Gasteiger partial charge in [0.1, 0.15) is 0 Å². The quantitative estimate of drug-likeness (QED) is 0.708. The summed E-state index contributed by atoms with van der Waals surface area (Å²) in [6.07, 6.45) is 4.01. The summed E-state index contributed by atoms with van der Waals surface area (Å²) in [5, 5.41) is 0. The lowest BCUT2D eigenvalue weighted by Crippen LogP contribution is -2.26. The molecule has 0 heterocycles. The van der Waals surface area contributed by atoms with Crippen molar-refractivity contribution in [2.45, 2.75) is 46.1 Å². The minimum Gasteiger partial charge on any atom is -0.465 e. The van der Waals surface area contributed by atoms with Crippen LogP contribution in [0.15, 0.2) is 30.3 Å². The van der Waals surface area contributed by atoms with Crippen LogP contribution in [0.4, 0.5) is 0 Å². The monoisotopic (exact) mass is 304 g/mol. The number of ether oxygens (including phenoxy) is 2. The van der Waals surface area contributed by atoms with E-state index in [4.69, 9.17) is 9.47 Å². The van der Waals surface area contributed by atoms with Gasteiger partial charge in [0.15, 0.2) is 0 Å². The maximum Gasteiger partial charge on any atom is 0.308 e. The number of hydrogen-bond acceptors (Lipinski definition) is 3. The Balaban J connectivity index is 1.61. The highest BCUT2D eigenvalue weighted by atomic mass is 16.5. The van der Waals surface area contributed by atoms with E-state index in [9.17, 15) is 4.79 Å². The summed E-state index contributed by atoms with van der Waals surface area (Å²) in [4.78, 5) is 12.0. The first-order chi connectivity index (χ1) is 10.6. The van der Waals surface area contributed by atoms with E-state index >= 15 is 0 Å². The zero-order chi connectivity index (χ0) is 15.8. The standard InChI is InChI=1S/C19H28O3/c1-15(2)12-22-19(20)18-10-8-17(9-11-18)14-21-13-16-6-4-3-5-7-16/h3-7,15,17-18H,8-14H2,1-2H3/t17-,18-. The van der Waals surface area contributed by atoms with Gasteiger partial charge >= 0.3 is 5.97 Å². The predicted molar refractivity (Wildman–Crippen MR) is 87.3 cm³/mol. The fraction of sp³-hybridized carbons (Fsp3) is 0.632. The van der Waals surface area contributed by atoms with Crippen LogP contribution in [0.25, 0.3) is 0 Å². The molecule has 2 rings (SSSR count). The number of rotatable bonds is 7. The van der Waals surface area contributed by atoms with Crippen LogP contribution in [0, 0.1) is 17.8 Å². The molecular formula is C19H28O3. The Hall–Kier alpha value is -1.35. The van der Waals surface area contributed by atoms with Crippen molar-refractivity contribution in [3.8, 4) is 0 Å². The molecule has 122 valence electrons. The second kappa shape index (κ2) is 8.94. The summed E-state index contributed by atoms with van der Waals surface area (Å²) in [6.45, 7) is 6.14. The van der Waals surface area contributed by atoms with Crippen molar-refractivity contribution in [1.29, 1.82) is 0 Å². The molecule has 1 fully saturated rings. The second-order valence-corrected chi connectivity index (χ2v) is 6.74. The average Bonchev–Trinajstić information content (AvgIpc) is 2.54. The summed E-state index contributed by atoms with van der Waals surface area (Å²) in [7, 11) is 0. The third-order valence-corrected chi connectivity index (χ3v) is 4.20. The van der Waals surface area contributed by atoms with Gasteiger partial charge in [-0.25, -0.2) is 0 Å². The minimum absolute atomic E-state index is 0.00245. The van der Waals surface area contributed by atoms with E-state index in [-0.39, 0.29) is 11.9 Å². The third-order valence-electron chi connectivity index (χ3n) is 4.20. The zero-order valence-electron chi connectivity index (χ0n) is 13.8. The first-order valence-corrected chi connectivity index (χ1v) is 8.43. The zero-order valence-corrected chi connectivity index (χ0v) is 13.8. The van der Waals surface area contributed by atoms with Crippen molar-refractivity contribution in [3.05, 3.63) is 35.9 Å². The van der Waals surface area contributed by atoms with Crippen molar-refractivity contribution in [2.75, 3.05) is 13.2 Å². The van der Waals surface area contributed by atoms with E-state index in [0.717, 1.165) is 32.3 Å². The molecule has 1 saturated carbocycles. The van der Waals surface area contributed by atoms with Crippen molar-refractivity contribution in [2.24, 2.45) is 17.8 Å². The number of esters is 1. The first-order valence-electron chi connectivity index (χ1n) is 8.43. The first kappa shape index (κ1) is 17.0. The van der Waals surface area contributed by atoms with Gasteiger partial charge in [-0.05, 0) is 43.1 Å². The Morgan fingerprint density at radius 2 is 1.82 bits per heavy atom. The Morgan fingerprint density at radius 3 is 2.45 bits per heavy atom. The van der Waals surface area contributed by atoms with Gasteiger partial charge in [0.05, 0.1) is 19.1 Å². The molecule has 0 spiro atoms. The van der Waals surface area contributed by atoms with Crippen LogP contribution in [0.3, 0.4) is 0 Å². The number of hydrogen-bond donors (Lipinski definition) is 0. The van der Waals surface area contributed by atoms with Gasteiger partial charge in [-0.3, -0.25) is 4.79 Å². The number of carbonyl (C=O) groups excluding carboxylic acids is 1. The summed E-state index contributed by atoms with van der Waals surface area (Å²) >= 11 is 0. The molecule has 0 unspecified atom stereocenters. The molecule has 0 aromatic heterocycles. The van der Waals surface area contributed by atoms with E-state index in [1.165, 1.54) is 5.56 Å². The summed E-state index contributed by atoms with van der Waals surface area (Å²) in [5.41, 5.74) is 1.22. The van der Waals surface area contributed by atoms with Crippen LogP contribution in [0.5, 0.6) is 0 Å². The summed E-state index contributed by atoms with van der Waals surface area (Å²) in [6, 6.07) is 10.3. The van der Waals surface area contributed by atoms with Gasteiger partial charge in [-0.1, -0.05) is 44.2 Å². The third kappa shape index (κ3) is 5.80. The van der Waals surface area contributed by atoms with Crippen LogP contribution < -0.4 is 0 Å². The number of benzene rings is 1. The highest BCUT2D eigenvalue weighted by molar-refractivity contribution is 5.72. The van der Waals surface area contributed by atoms with Gasteiger partial charge < -0.3 is 9.47 Å². The van der Waals surface area contributed by atoms with Crippen LogP contribution in [-0.2, 0) is 20.9 Å². The summed E-state index contributed by atoms with van der Waals surface area (Å²) in [5.74, 6) is 1.09. The minimum atomic E-state index is -0.00245. The van der Waals surface area contributed by atoms with Crippen molar-refractivity contribution >= 4 is 5.97 Å². The van der Waals surface area contributed by atoms with E-state index < -0.39 is 0 Å². The van der Waals surface area contributed by atoms with E-state index in [1.54, 1.807) is 0 Å². The second-order valence-electron chi connectivity index (χ2n) is 6.74. The molecule has 0 saturated heterocycles. The van der Waals surface area contributed by atoms with Crippen molar-refractivity contribution < 1.29 is 14.3 Å². The maximum absolute atomic E-state index is 12.0. The van der Waals surface area contributed by atoms with E-state index in [1.807, 2.05) is 18.2 Å². The average molecular weight is 304 g/mol. The fourth-order valence-corrected chi connectivity index (χ4v) is 2.85. The van der Waals surface area contributed by atoms with Crippen molar-refractivity contribution in [3.63, 3.8) is 0 Å². The Kier molecular flexibility index (Phi) is 6.91. The molecule has 1 aliphatic carbocycles. The highest BCUT2D eigenvalue weighted by Gasteiger charge is 2.27. The molecule has 0 aliphatic heterocycles. The smallest absolute Gasteiger partial charge is 0.308 e. The van der Waals surface area contributed by atoms with Crippen LogP contribution in [0.1, 0.15) is 45.1 Å².